The summed E-state index contributed by atoms with van der Waals surface area (Å²) in [6.45, 7) is 6.75. The van der Waals surface area contributed by atoms with Gasteiger partial charge in [-0.1, -0.05) is 0 Å². The van der Waals surface area contributed by atoms with Crippen LogP contribution >= 0.6 is 0 Å². The first-order chi connectivity index (χ1) is 12.1. The molecule has 0 aromatic heterocycles. The summed E-state index contributed by atoms with van der Waals surface area (Å²) in [7, 11) is -0.378. The van der Waals surface area contributed by atoms with E-state index in [9.17, 15) is 18.0 Å². The van der Waals surface area contributed by atoms with Gasteiger partial charge in [-0.15, -0.1) is 0 Å². The molecule has 8 nitrogen and oxygen atoms in total. The molecule has 1 atom stereocenters. The number of amides is 2. The quantitative estimate of drug-likeness (QED) is 0.682. The minimum Gasteiger partial charge on any atom is -0.342 e. The molecule has 3 fully saturated rings. The Hall–Kier alpha value is -1.19. The van der Waals surface area contributed by atoms with Gasteiger partial charge in [-0.2, -0.15) is 17.0 Å². The van der Waals surface area contributed by atoms with Crippen molar-refractivity contribution >= 4 is 22.0 Å². The van der Waals surface area contributed by atoms with Gasteiger partial charge in [0, 0.05) is 65.7 Å². The molecule has 2 amide bonds. The molecular weight excluding hydrogens is 356 g/mol. The van der Waals surface area contributed by atoms with Gasteiger partial charge in [-0.3, -0.25) is 9.59 Å². The van der Waals surface area contributed by atoms with E-state index in [4.69, 9.17) is 0 Å². The maximum atomic E-state index is 13.2. The highest BCUT2D eigenvalue weighted by Crippen LogP contribution is 2.58. The number of likely N-dealkylation sites (tertiary alicyclic amines) is 2. The standard InChI is InChI=1S/C17H30N4O4S/c1-5-19-9-8-17(15(19)23)13-20(14(2)22)12-16(17)6-10-21(11-7-16)26(24,25)18(3)4/h5-13H2,1-4H3/t17-/m0/s1. The molecule has 9 heteroatoms. The lowest BCUT2D eigenvalue weighted by molar-refractivity contribution is -0.141. The zero-order valence-corrected chi connectivity index (χ0v) is 17.0. The SMILES string of the molecule is CCN1CC[C@]2(CN(C(C)=O)CC23CCN(S(=O)(=O)N(C)C)CC3)C1=O. The molecule has 3 heterocycles. The number of carbonyl (C=O) groups is 2. The Labute approximate surface area is 156 Å². The van der Waals surface area contributed by atoms with Crippen LogP contribution in [0.3, 0.4) is 0 Å². The first kappa shape index (κ1) is 19.6. The maximum absolute atomic E-state index is 13.2. The zero-order chi connectivity index (χ0) is 19.3. The lowest BCUT2D eigenvalue weighted by Crippen LogP contribution is -2.54. The number of hydrogen-bond acceptors (Lipinski definition) is 4. The average molecular weight is 387 g/mol. The summed E-state index contributed by atoms with van der Waals surface area (Å²) in [6, 6.07) is 0. The second kappa shape index (κ2) is 6.45. The van der Waals surface area contributed by atoms with Crippen molar-refractivity contribution in [2.24, 2.45) is 10.8 Å². The van der Waals surface area contributed by atoms with Gasteiger partial charge < -0.3 is 9.80 Å². The topological polar surface area (TPSA) is 81.2 Å². The molecule has 26 heavy (non-hydrogen) atoms. The first-order valence-electron chi connectivity index (χ1n) is 9.32. The van der Waals surface area contributed by atoms with E-state index in [1.807, 2.05) is 11.8 Å². The second-order valence-corrected chi connectivity index (χ2v) is 10.2. The predicted octanol–water partition coefficient (Wildman–Crippen LogP) is -0.0243. The molecule has 0 radical (unpaired) electrons. The first-order valence-corrected chi connectivity index (χ1v) is 10.7. The van der Waals surface area contributed by atoms with E-state index in [1.54, 1.807) is 11.8 Å². The number of carbonyl (C=O) groups excluding carboxylic acids is 2. The molecule has 3 aliphatic rings. The molecular formula is C17H30N4O4S. The van der Waals surface area contributed by atoms with E-state index in [-0.39, 0.29) is 17.2 Å². The highest BCUT2D eigenvalue weighted by molar-refractivity contribution is 7.86. The minimum atomic E-state index is -3.45. The van der Waals surface area contributed by atoms with Crippen LogP contribution in [0.2, 0.25) is 0 Å². The molecule has 0 saturated carbocycles. The normalized spacial score (nSPS) is 29.5. The van der Waals surface area contributed by atoms with Crippen LogP contribution in [0.15, 0.2) is 0 Å². The van der Waals surface area contributed by atoms with E-state index < -0.39 is 15.6 Å². The van der Waals surface area contributed by atoms with Gasteiger partial charge in [0.2, 0.25) is 11.8 Å². The third-order valence-corrected chi connectivity index (χ3v) is 8.71. The molecule has 3 saturated heterocycles. The average Bonchev–Trinajstić information content (AvgIpc) is 3.08. The molecule has 0 N–H and O–H groups in total. The van der Waals surface area contributed by atoms with E-state index in [0.717, 1.165) is 13.0 Å². The lowest BCUT2D eigenvalue weighted by atomic mass is 9.60. The van der Waals surface area contributed by atoms with Gasteiger partial charge in [0.25, 0.3) is 10.2 Å². The van der Waals surface area contributed by atoms with Crippen LogP contribution in [0.4, 0.5) is 0 Å². The third kappa shape index (κ3) is 2.66. The van der Waals surface area contributed by atoms with Crippen molar-refractivity contribution < 1.29 is 18.0 Å². The summed E-state index contributed by atoms with van der Waals surface area (Å²) in [4.78, 5) is 29.0. The van der Waals surface area contributed by atoms with Crippen molar-refractivity contribution in [3.05, 3.63) is 0 Å². The van der Waals surface area contributed by atoms with Crippen molar-refractivity contribution in [1.29, 1.82) is 0 Å². The molecule has 0 bridgehead atoms. The summed E-state index contributed by atoms with van der Waals surface area (Å²) in [6.07, 6.45) is 1.99. The lowest BCUT2D eigenvalue weighted by Gasteiger charge is -2.46. The van der Waals surface area contributed by atoms with Gasteiger partial charge in [-0.05, 0) is 26.2 Å². The molecule has 0 unspecified atom stereocenters. The van der Waals surface area contributed by atoms with Crippen LogP contribution in [0.1, 0.15) is 33.1 Å². The fraction of sp³-hybridized carbons (Fsp3) is 0.882. The van der Waals surface area contributed by atoms with Crippen LogP contribution in [-0.2, 0) is 19.8 Å². The minimum absolute atomic E-state index is 0.00709. The Morgan fingerprint density at radius 1 is 1.12 bits per heavy atom. The van der Waals surface area contributed by atoms with Crippen molar-refractivity contribution in [3.8, 4) is 0 Å². The second-order valence-electron chi connectivity index (χ2n) is 8.06. The van der Waals surface area contributed by atoms with Crippen LogP contribution in [0.25, 0.3) is 0 Å². The molecule has 0 aromatic carbocycles. The van der Waals surface area contributed by atoms with Crippen molar-refractivity contribution in [2.75, 3.05) is 53.4 Å². The number of fused-ring (bicyclic) bond motifs is 1. The Morgan fingerprint density at radius 2 is 1.73 bits per heavy atom. The van der Waals surface area contributed by atoms with E-state index in [2.05, 4.69) is 0 Å². The molecule has 3 rings (SSSR count). The number of nitrogens with zero attached hydrogens (tertiary/aromatic N) is 4. The van der Waals surface area contributed by atoms with Crippen LogP contribution < -0.4 is 0 Å². The van der Waals surface area contributed by atoms with Gasteiger partial charge in [0.05, 0.1) is 5.41 Å². The molecule has 2 spiro atoms. The zero-order valence-electron chi connectivity index (χ0n) is 16.2. The predicted molar refractivity (Wildman–Crippen MR) is 97.4 cm³/mol. The summed E-state index contributed by atoms with van der Waals surface area (Å²) >= 11 is 0. The van der Waals surface area contributed by atoms with Gasteiger partial charge >= 0.3 is 0 Å². The third-order valence-electron chi connectivity index (χ3n) is 6.77. The molecule has 148 valence electrons. The monoisotopic (exact) mass is 386 g/mol. The van der Waals surface area contributed by atoms with Gasteiger partial charge in [-0.25, -0.2) is 0 Å². The molecule has 0 aromatic rings. The van der Waals surface area contributed by atoms with E-state index >= 15 is 0 Å². The van der Waals surface area contributed by atoms with E-state index in [1.165, 1.54) is 22.7 Å². The maximum Gasteiger partial charge on any atom is 0.281 e. The Balaban J connectivity index is 1.90. The van der Waals surface area contributed by atoms with Gasteiger partial charge in [0.15, 0.2) is 0 Å². The highest BCUT2D eigenvalue weighted by atomic mass is 32.2. The van der Waals surface area contributed by atoms with Crippen molar-refractivity contribution in [2.45, 2.75) is 33.1 Å². The summed E-state index contributed by atoms with van der Waals surface area (Å²) in [5, 5.41) is 0. The molecule has 3 aliphatic heterocycles. The summed E-state index contributed by atoms with van der Waals surface area (Å²) in [5.41, 5.74) is -0.874. The Kier molecular flexibility index (Phi) is 4.86. The van der Waals surface area contributed by atoms with Gasteiger partial charge in [0.1, 0.15) is 0 Å². The number of rotatable bonds is 3. The van der Waals surface area contributed by atoms with Crippen molar-refractivity contribution in [1.82, 2.24) is 18.4 Å². The Morgan fingerprint density at radius 3 is 2.19 bits per heavy atom. The van der Waals surface area contributed by atoms with E-state index in [0.29, 0.717) is 45.6 Å². The smallest absolute Gasteiger partial charge is 0.281 e. The summed E-state index contributed by atoms with van der Waals surface area (Å²) in [5.74, 6) is 0.139. The van der Waals surface area contributed by atoms with Crippen LogP contribution in [0.5, 0.6) is 0 Å². The molecule has 0 aliphatic carbocycles. The van der Waals surface area contributed by atoms with Crippen molar-refractivity contribution in [3.63, 3.8) is 0 Å². The Bertz CT molecular complexity index is 700. The fourth-order valence-corrected chi connectivity index (χ4v) is 6.18. The fourth-order valence-electron chi connectivity index (χ4n) is 5.08. The summed E-state index contributed by atoms with van der Waals surface area (Å²) < 4.78 is 27.6. The largest absolute Gasteiger partial charge is 0.342 e. The van der Waals surface area contributed by atoms with Crippen LogP contribution in [0, 0.1) is 10.8 Å². The number of piperidine rings is 1. The number of hydrogen-bond donors (Lipinski definition) is 0. The van der Waals surface area contributed by atoms with Crippen LogP contribution in [-0.4, -0.2) is 92.0 Å². The highest BCUT2D eigenvalue weighted by Gasteiger charge is 2.65.